The minimum Gasteiger partial charge on any atom is -0.392 e. The monoisotopic (exact) mass is 289 g/mol. The Morgan fingerprint density at radius 3 is 2.48 bits per heavy atom. The van der Waals surface area contributed by atoms with Crippen molar-refractivity contribution in [3.05, 3.63) is 40.3 Å². The second-order valence-corrected chi connectivity index (χ2v) is 5.30. The Kier molecular flexibility index (Phi) is 4.37. The normalized spacial score (nSPS) is 12.6. The molecule has 1 unspecified atom stereocenters. The van der Waals surface area contributed by atoms with Gasteiger partial charge in [0.1, 0.15) is 0 Å². The van der Waals surface area contributed by atoms with E-state index in [1.807, 2.05) is 13.8 Å². The van der Waals surface area contributed by atoms with Crippen LogP contribution in [0.3, 0.4) is 0 Å². The van der Waals surface area contributed by atoms with E-state index in [9.17, 15) is 14.7 Å². The van der Waals surface area contributed by atoms with Gasteiger partial charge in [-0.05, 0) is 26.8 Å². The van der Waals surface area contributed by atoms with Crippen LogP contribution in [-0.2, 0) is 0 Å². The molecule has 6 heteroatoms. The standard InChI is InChI=1S/C15H19N3O3/c1-9(2)18-15(21)12-7-5-4-6-11(12)13(17-18)14(20)16-8-10(3)19/h4-7,9-10,19H,8H2,1-3H3,(H,16,20). The summed E-state index contributed by atoms with van der Waals surface area (Å²) in [5.41, 5.74) is -0.0211. The van der Waals surface area contributed by atoms with Crippen LogP contribution in [0.25, 0.3) is 10.8 Å². The summed E-state index contributed by atoms with van der Waals surface area (Å²) in [5, 5.41) is 17.0. The number of rotatable bonds is 4. The van der Waals surface area contributed by atoms with E-state index in [0.717, 1.165) is 0 Å². The highest BCUT2D eigenvalue weighted by molar-refractivity contribution is 6.04. The van der Waals surface area contributed by atoms with Gasteiger partial charge in [-0.25, -0.2) is 4.68 Å². The van der Waals surface area contributed by atoms with Gasteiger partial charge in [0.25, 0.3) is 11.5 Å². The Hall–Kier alpha value is -2.21. The molecule has 1 atom stereocenters. The fraction of sp³-hybridized carbons (Fsp3) is 0.400. The van der Waals surface area contributed by atoms with E-state index in [4.69, 9.17) is 0 Å². The molecule has 2 N–H and O–H groups in total. The van der Waals surface area contributed by atoms with Crippen molar-refractivity contribution in [3.8, 4) is 0 Å². The predicted octanol–water partition coefficient (Wildman–Crippen LogP) is 1.09. The first-order chi connectivity index (χ1) is 9.91. The summed E-state index contributed by atoms with van der Waals surface area (Å²) in [4.78, 5) is 24.6. The number of nitrogens with one attached hydrogen (secondary N) is 1. The average Bonchev–Trinajstić information content (AvgIpc) is 2.45. The number of nitrogens with zero attached hydrogens (tertiary/aromatic N) is 2. The fourth-order valence-electron chi connectivity index (χ4n) is 2.05. The lowest BCUT2D eigenvalue weighted by Crippen LogP contribution is -2.34. The Labute approximate surface area is 122 Å². The van der Waals surface area contributed by atoms with Gasteiger partial charge >= 0.3 is 0 Å². The van der Waals surface area contributed by atoms with Gasteiger partial charge in [0.2, 0.25) is 0 Å². The lowest BCUT2D eigenvalue weighted by atomic mass is 10.1. The summed E-state index contributed by atoms with van der Waals surface area (Å²) in [5.74, 6) is -0.401. The third-order valence-electron chi connectivity index (χ3n) is 3.09. The average molecular weight is 289 g/mol. The number of amides is 1. The fourth-order valence-corrected chi connectivity index (χ4v) is 2.05. The van der Waals surface area contributed by atoms with Gasteiger partial charge in [-0.15, -0.1) is 0 Å². The van der Waals surface area contributed by atoms with Crippen molar-refractivity contribution in [1.29, 1.82) is 0 Å². The van der Waals surface area contributed by atoms with Gasteiger partial charge < -0.3 is 10.4 Å². The van der Waals surface area contributed by atoms with E-state index in [0.29, 0.717) is 10.8 Å². The largest absolute Gasteiger partial charge is 0.392 e. The van der Waals surface area contributed by atoms with E-state index in [1.165, 1.54) is 4.68 Å². The van der Waals surface area contributed by atoms with Crippen LogP contribution < -0.4 is 10.9 Å². The number of hydrogen-bond acceptors (Lipinski definition) is 4. The molecule has 0 aliphatic heterocycles. The molecule has 0 saturated carbocycles. The lowest BCUT2D eigenvalue weighted by Gasteiger charge is -2.13. The molecule has 0 bridgehead atoms. The van der Waals surface area contributed by atoms with Crippen molar-refractivity contribution in [2.45, 2.75) is 32.9 Å². The zero-order valence-corrected chi connectivity index (χ0v) is 12.3. The van der Waals surface area contributed by atoms with Crippen LogP contribution in [0.1, 0.15) is 37.3 Å². The number of carbonyl (C=O) groups is 1. The van der Waals surface area contributed by atoms with Gasteiger partial charge in [-0.2, -0.15) is 5.10 Å². The second-order valence-electron chi connectivity index (χ2n) is 5.30. The lowest BCUT2D eigenvalue weighted by molar-refractivity contribution is 0.0918. The smallest absolute Gasteiger partial charge is 0.274 e. The molecule has 2 aromatic rings. The minimum absolute atomic E-state index is 0.135. The van der Waals surface area contributed by atoms with Crippen LogP contribution in [0.4, 0.5) is 0 Å². The molecule has 0 aliphatic rings. The van der Waals surface area contributed by atoms with Crippen LogP contribution >= 0.6 is 0 Å². The summed E-state index contributed by atoms with van der Waals surface area (Å²) in [6, 6.07) is 6.75. The van der Waals surface area contributed by atoms with E-state index in [1.54, 1.807) is 31.2 Å². The maximum Gasteiger partial charge on any atom is 0.274 e. The number of carbonyl (C=O) groups excluding carboxylic acids is 1. The maximum absolute atomic E-state index is 12.3. The summed E-state index contributed by atoms with van der Waals surface area (Å²) < 4.78 is 1.31. The molecule has 112 valence electrons. The van der Waals surface area contributed by atoms with Gasteiger partial charge in [0, 0.05) is 11.9 Å². The van der Waals surface area contributed by atoms with Crippen LogP contribution in [0.2, 0.25) is 0 Å². The first-order valence-electron chi connectivity index (χ1n) is 6.89. The van der Waals surface area contributed by atoms with Crippen LogP contribution in [0, 0.1) is 0 Å². The van der Waals surface area contributed by atoms with Crippen molar-refractivity contribution >= 4 is 16.7 Å². The summed E-state index contributed by atoms with van der Waals surface area (Å²) in [6.45, 7) is 5.39. The zero-order valence-electron chi connectivity index (χ0n) is 12.3. The molecule has 1 amide bonds. The van der Waals surface area contributed by atoms with E-state index >= 15 is 0 Å². The number of benzene rings is 1. The number of aromatic nitrogens is 2. The Morgan fingerprint density at radius 1 is 1.29 bits per heavy atom. The SMILES string of the molecule is CC(O)CNC(=O)c1nn(C(C)C)c(=O)c2ccccc12. The number of aliphatic hydroxyl groups excluding tert-OH is 1. The summed E-state index contributed by atoms with van der Waals surface area (Å²) >= 11 is 0. The van der Waals surface area contributed by atoms with E-state index in [2.05, 4.69) is 10.4 Å². The van der Waals surface area contributed by atoms with E-state index < -0.39 is 12.0 Å². The van der Waals surface area contributed by atoms with E-state index in [-0.39, 0.29) is 23.8 Å². The summed E-state index contributed by atoms with van der Waals surface area (Å²) in [7, 11) is 0. The molecule has 1 heterocycles. The Morgan fingerprint density at radius 2 is 1.90 bits per heavy atom. The van der Waals surface area contributed by atoms with Crippen molar-refractivity contribution in [2.24, 2.45) is 0 Å². The molecule has 0 saturated heterocycles. The highest BCUT2D eigenvalue weighted by atomic mass is 16.3. The maximum atomic E-state index is 12.3. The van der Waals surface area contributed by atoms with Crippen molar-refractivity contribution in [3.63, 3.8) is 0 Å². The Balaban J connectivity index is 2.59. The molecule has 0 radical (unpaired) electrons. The van der Waals surface area contributed by atoms with Crippen LogP contribution in [-0.4, -0.2) is 33.4 Å². The summed E-state index contributed by atoms with van der Waals surface area (Å²) in [6.07, 6.45) is -0.642. The molecule has 0 fully saturated rings. The van der Waals surface area contributed by atoms with Crippen molar-refractivity contribution in [2.75, 3.05) is 6.54 Å². The second kappa shape index (κ2) is 6.05. The Bertz CT molecular complexity index is 720. The molecule has 1 aromatic carbocycles. The van der Waals surface area contributed by atoms with Gasteiger partial charge in [-0.3, -0.25) is 9.59 Å². The topological polar surface area (TPSA) is 84.2 Å². The van der Waals surface area contributed by atoms with Crippen molar-refractivity contribution < 1.29 is 9.90 Å². The number of aliphatic hydroxyl groups is 1. The number of hydrogen-bond donors (Lipinski definition) is 2. The molecular weight excluding hydrogens is 270 g/mol. The highest BCUT2D eigenvalue weighted by Gasteiger charge is 2.17. The molecule has 0 spiro atoms. The first kappa shape index (κ1) is 15.2. The van der Waals surface area contributed by atoms with Crippen LogP contribution in [0.5, 0.6) is 0 Å². The molecular formula is C15H19N3O3. The third kappa shape index (κ3) is 3.11. The molecule has 6 nitrogen and oxygen atoms in total. The third-order valence-corrected chi connectivity index (χ3v) is 3.09. The van der Waals surface area contributed by atoms with Gasteiger partial charge in [0.05, 0.1) is 17.5 Å². The zero-order chi connectivity index (χ0) is 15.6. The quantitative estimate of drug-likeness (QED) is 0.882. The molecule has 0 aliphatic carbocycles. The van der Waals surface area contributed by atoms with Gasteiger partial charge in [0.15, 0.2) is 5.69 Å². The molecule has 21 heavy (non-hydrogen) atoms. The van der Waals surface area contributed by atoms with Gasteiger partial charge in [-0.1, -0.05) is 18.2 Å². The minimum atomic E-state index is -0.642. The predicted molar refractivity (Wildman–Crippen MR) is 80.4 cm³/mol. The van der Waals surface area contributed by atoms with Crippen molar-refractivity contribution in [1.82, 2.24) is 15.1 Å². The first-order valence-corrected chi connectivity index (χ1v) is 6.89. The highest BCUT2D eigenvalue weighted by Crippen LogP contribution is 2.14. The molecule has 2 rings (SSSR count). The number of fused-ring (bicyclic) bond motifs is 1. The molecule has 1 aromatic heterocycles. The van der Waals surface area contributed by atoms with Crippen LogP contribution in [0.15, 0.2) is 29.1 Å².